The van der Waals surface area contributed by atoms with Crippen LogP contribution < -0.4 is 0 Å². The fraction of sp³-hybridized carbons (Fsp3) is 0.409. The zero-order valence-corrected chi connectivity index (χ0v) is 15.4. The number of rotatable bonds is 5. The van der Waals surface area contributed by atoms with Gasteiger partial charge in [-0.05, 0) is 48.9 Å². The highest BCUT2D eigenvalue weighted by molar-refractivity contribution is 5.57. The molecular formula is C22H25N3O2. The summed E-state index contributed by atoms with van der Waals surface area (Å²) in [4.78, 5) is 2.47. The minimum Gasteiger partial charge on any atom is -0.464 e. The highest BCUT2D eigenvalue weighted by atomic mass is 16.3. The maximum atomic E-state index is 10.4. The minimum absolute atomic E-state index is 0.382. The van der Waals surface area contributed by atoms with Gasteiger partial charge in [-0.25, -0.2) is 0 Å². The topological polar surface area (TPSA) is 54.4 Å². The van der Waals surface area contributed by atoms with Crippen LogP contribution in [0.25, 0.3) is 11.3 Å². The van der Waals surface area contributed by atoms with Gasteiger partial charge in [0.05, 0.1) is 17.7 Å². The molecule has 5 heteroatoms. The third-order valence-corrected chi connectivity index (χ3v) is 5.65. The van der Waals surface area contributed by atoms with E-state index < -0.39 is 0 Å². The van der Waals surface area contributed by atoms with E-state index in [9.17, 15) is 5.11 Å². The predicted molar refractivity (Wildman–Crippen MR) is 103 cm³/mol. The molecule has 0 bridgehead atoms. The van der Waals surface area contributed by atoms with Crippen LogP contribution in [0.15, 0.2) is 53.1 Å². The van der Waals surface area contributed by atoms with Gasteiger partial charge in [0.25, 0.3) is 0 Å². The SMILES string of the molecule is OC(c1cc2n(n1)CCCN(Cc1ccc(-c3ccco3)cc1)C2)C1CC1. The molecule has 0 radical (unpaired) electrons. The zero-order chi connectivity index (χ0) is 18.2. The third kappa shape index (κ3) is 3.57. The molecule has 3 aromatic rings. The van der Waals surface area contributed by atoms with Gasteiger partial charge in [0.2, 0.25) is 0 Å². The average Bonchev–Trinajstić information content (AvgIpc) is 3.30. The van der Waals surface area contributed by atoms with Gasteiger partial charge in [-0.2, -0.15) is 5.10 Å². The molecule has 1 aliphatic carbocycles. The van der Waals surface area contributed by atoms with Crippen LogP contribution in [-0.2, 0) is 19.6 Å². The van der Waals surface area contributed by atoms with Crippen LogP contribution in [0, 0.1) is 5.92 Å². The molecule has 1 atom stereocenters. The predicted octanol–water partition coefficient (Wildman–Crippen LogP) is 3.99. The molecule has 3 heterocycles. The highest BCUT2D eigenvalue weighted by Gasteiger charge is 2.33. The van der Waals surface area contributed by atoms with Gasteiger partial charge in [0, 0.05) is 31.7 Å². The zero-order valence-electron chi connectivity index (χ0n) is 15.4. The molecule has 2 aromatic heterocycles. The Morgan fingerprint density at radius 1 is 1.15 bits per heavy atom. The largest absolute Gasteiger partial charge is 0.464 e. The van der Waals surface area contributed by atoms with E-state index in [1.807, 2.05) is 12.1 Å². The maximum absolute atomic E-state index is 10.4. The second-order valence-electron chi connectivity index (χ2n) is 7.80. The summed E-state index contributed by atoms with van der Waals surface area (Å²) in [7, 11) is 0. The van der Waals surface area contributed by atoms with Crippen LogP contribution in [0.2, 0.25) is 0 Å². The molecule has 1 aliphatic heterocycles. The van der Waals surface area contributed by atoms with Crippen LogP contribution in [-0.4, -0.2) is 26.3 Å². The fourth-order valence-corrected chi connectivity index (χ4v) is 3.96. The van der Waals surface area contributed by atoms with E-state index in [-0.39, 0.29) is 6.10 Å². The van der Waals surface area contributed by atoms with Gasteiger partial charge in [0.1, 0.15) is 11.9 Å². The number of aliphatic hydroxyl groups excluding tert-OH is 1. The number of fused-ring (bicyclic) bond motifs is 1. The number of aryl methyl sites for hydroxylation is 1. The molecule has 0 saturated heterocycles. The van der Waals surface area contributed by atoms with E-state index >= 15 is 0 Å². The molecule has 1 aromatic carbocycles. The molecule has 27 heavy (non-hydrogen) atoms. The first-order valence-corrected chi connectivity index (χ1v) is 9.86. The Hall–Kier alpha value is -2.37. The number of nitrogens with zero attached hydrogens (tertiary/aromatic N) is 3. The van der Waals surface area contributed by atoms with Crippen molar-refractivity contribution >= 4 is 0 Å². The number of aromatic nitrogens is 2. The van der Waals surface area contributed by atoms with Crippen molar-refractivity contribution in [3.63, 3.8) is 0 Å². The standard InChI is InChI=1S/C22H25N3O2/c26-22(18-8-9-18)20-13-19-15-24(10-2-11-25(19)23-20)14-16-4-6-17(7-5-16)21-3-1-12-27-21/h1,3-7,12-13,18,22,26H,2,8-11,14-15H2. The summed E-state index contributed by atoms with van der Waals surface area (Å²) in [6.07, 6.45) is 4.66. The number of benzene rings is 1. The molecule has 0 spiro atoms. The number of furan rings is 1. The maximum Gasteiger partial charge on any atom is 0.133 e. The van der Waals surface area contributed by atoms with Crippen molar-refractivity contribution in [3.05, 3.63) is 65.7 Å². The Morgan fingerprint density at radius 2 is 2.00 bits per heavy atom. The fourth-order valence-electron chi connectivity index (χ4n) is 3.96. The van der Waals surface area contributed by atoms with Crippen molar-refractivity contribution < 1.29 is 9.52 Å². The van der Waals surface area contributed by atoms with Crippen LogP contribution in [0.3, 0.4) is 0 Å². The second-order valence-corrected chi connectivity index (χ2v) is 7.80. The van der Waals surface area contributed by atoms with Crippen molar-refractivity contribution in [1.82, 2.24) is 14.7 Å². The highest BCUT2D eigenvalue weighted by Crippen LogP contribution is 2.40. The van der Waals surface area contributed by atoms with Gasteiger partial charge in [-0.1, -0.05) is 24.3 Å². The summed E-state index contributed by atoms with van der Waals surface area (Å²) in [6, 6.07) is 14.6. The Kier molecular flexibility index (Phi) is 4.34. The summed E-state index contributed by atoms with van der Waals surface area (Å²) in [5, 5.41) is 15.1. The Balaban J connectivity index is 1.28. The quantitative estimate of drug-likeness (QED) is 0.745. The summed E-state index contributed by atoms with van der Waals surface area (Å²) < 4.78 is 7.57. The van der Waals surface area contributed by atoms with Crippen LogP contribution in [0.5, 0.6) is 0 Å². The van der Waals surface area contributed by atoms with Gasteiger partial charge in [-0.15, -0.1) is 0 Å². The molecule has 1 fully saturated rings. The van der Waals surface area contributed by atoms with Crippen molar-refractivity contribution in [3.8, 4) is 11.3 Å². The lowest BCUT2D eigenvalue weighted by molar-refractivity contribution is 0.148. The molecule has 5 rings (SSSR count). The van der Waals surface area contributed by atoms with E-state index in [2.05, 4.69) is 45.0 Å². The van der Waals surface area contributed by atoms with Crippen molar-refractivity contribution in [2.24, 2.45) is 5.92 Å². The summed E-state index contributed by atoms with van der Waals surface area (Å²) in [5.41, 5.74) is 4.49. The first-order chi connectivity index (χ1) is 13.3. The van der Waals surface area contributed by atoms with Gasteiger partial charge < -0.3 is 9.52 Å². The van der Waals surface area contributed by atoms with Crippen LogP contribution >= 0.6 is 0 Å². The van der Waals surface area contributed by atoms with Crippen molar-refractivity contribution in [2.75, 3.05) is 6.54 Å². The molecule has 2 aliphatic rings. The monoisotopic (exact) mass is 363 g/mol. The Bertz CT molecular complexity index is 894. The molecule has 1 unspecified atom stereocenters. The summed E-state index contributed by atoms with van der Waals surface area (Å²) in [5.74, 6) is 1.33. The van der Waals surface area contributed by atoms with Gasteiger partial charge in [0.15, 0.2) is 0 Å². The number of hydrogen-bond donors (Lipinski definition) is 1. The van der Waals surface area contributed by atoms with E-state index in [4.69, 9.17) is 4.42 Å². The van der Waals surface area contributed by atoms with E-state index in [1.54, 1.807) is 6.26 Å². The lowest BCUT2D eigenvalue weighted by atomic mass is 10.1. The number of hydrogen-bond acceptors (Lipinski definition) is 4. The average molecular weight is 363 g/mol. The third-order valence-electron chi connectivity index (χ3n) is 5.65. The Morgan fingerprint density at radius 3 is 2.74 bits per heavy atom. The molecule has 0 amide bonds. The summed E-state index contributed by atoms with van der Waals surface area (Å²) in [6.45, 7) is 3.79. The smallest absolute Gasteiger partial charge is 0.133 e. The second kappa shape index (κ2) is 6.98. The van der Waals surface area contributed by atoms with E-state index in [0.717, 1.165) is 62.5 Å². The van der Waals surface area contributed by atoms with E-state index in [0.29, 0.717) is 5.92 Å². The normalized spacial score (nSPS) is 18.9. The number of aliphatic hydroxyl groups is 1. The van der Waals surface area contributed by atoms with Gasteiger partial charge >= 0.3 is 0 Å². The minimum atomic E-state index is -0.382. The first kappa shape index (κ1) is 16.8. The van der Waals surface area contributed by atoms with E-state index in [1.165, 1.54) is 11.3 Å². The first-order valence-electron chi connectivity index (χ1n) is 9.86. The van der Waals surface area contributed by atoms with Crippen LogP contribution in [0.1, 0.15) is 42.3 Å². The van der Waals surface area contributed by atoms with Gasteiger partial charge in [-0.3, -0.25) is 9.58 Å². The van der Waals surface area contributed by atoms with Crippen molar-refractivity contribution in [1.29, 1.82) is 0 Å². The van der Waals surface area contributed by atoms with Crippen molar-refractivity contribution in [2.45, 2.75) is 45.0 Å². The molecule has 1 saturated carbocycles. The summed E-state index contributed by atoms with van der Waals surface area (Å²) >= 11 is 0. The molecule has 1 N–H and O–H groups in total. The Labute approximate surface area is 159 Å². The molecular weight excluding hydrogens is 338 g/mol. The lowest BCUT2D eigenvalue weighted by Crippen LogP contribution is -2.22. The van der Waals surface area contributed by atoms with Crippen LogP contribution in [0.4, 0.5) is 0 Å². The lowest BCUT2D eigenvalue weighted by Gasteiger charge is -2.19. The molecule has 140 valence electrons. The molecule has 5 nitrogen and oxygen atoms in total.